The molecule has 0 radical (unpaired) electrons. The molecule has 1 fully saturated rings. The molecule has 1 saturated carbocycles. The van der Waals surface area contributed by atoms with Gasteiger partial charge in [-0.1, -0.05) is 23.7 Å². The normalized spacial score (nSPS) is 14.2. The van der Waals surface area contributed by atoms with Gasteiger partial charge < -0.3 is 11.1 Å². The summed E-state index contributed by atoms with van der Waals surface area (Å²) in [6.07, 6.45) is 4.49. The summed E-state index contributed by atoms with van der Waals surface area (Å²) in [7, 11) is 0. The Morgan fingerprint density at radius 3 is 2.24 bits per heavy atom. The van der Waals surface area contributed by atoms with Crippen LogP contribution >= 0.6 is 23.5 Å². The molecule has 1 aliphatic carbocycles. The summed E-state index contributed by atoms with van der Waals surface area (Å²) in [6.45, 7) is 0.389. The van der Waals surface area contributed by atoms with Gasteiger partial charge in [0.15, 0.2) is 0 Å². The number of aryl methyl sites for hydroxylation is 1. The molecule has 1 unspecified atom stereocenters. The van der Waals surface area contributed by atoms with Gasteiger partial charge in [-0.25, -0.2) is 13.1 Å². The molecule has 0 saturated heterocycles. The van der Waals surface area contributed by atoms with Gasteiger partial charge in [-0.15, -0.1) is 0 Å². The Morgan fingerprint density at radius 1 is 1.00 bits per heavy atom. The number of nitrogens with two attached hydrogens (primary N) is 1. The molecule has 1 aliphatic rings. The number of carbonyl (C=O) groups excluding carboxylic acids is 2. The van der Waals surface area contributed by atoms with E-state index in [-0.39, 0.29) is 11.9 Å². The van der Waals surface area contributed by atoms with E-state index in [1.807, 2.05) is 28.6 Å². The number of hydrogen-bond donors (Lipinski definition) is 2. The summed E-state index contributed by atoms with van der Waals surface area (Å²) >= 11 is 7.43. The number of nitrogens with one attached hydrogen (secondary N) is 1. The van der Waals surface area contributed by atoms with E-state index in [2.05, 4.69) is 5.32 Å². The van der Waals surface area contributed by atoms with E-state index in [9.17, 15) is 18.4 Å². The van der Waals surface area contributed by atoms with Gasteiger partial charge in [0.2, 0.25) is 5.91 Å². The minimum atomic E-state index is -0.643. The molecular formula is C29H30ClF2N3O2S. The first kappa shape index (κ1) is 28.1. The Bertz CT molecular complexity index is 1230. The molecule has 3 aromatic carbocycles. The van der Waals surface area contributed by atoms with Crippen molar-refractivity contribution in [3.8, 4) is 0 Å². The number of benzene rings is 3. The minimum Gasteiger partial charge on any atom is -0.368 e. The van der Waals surface area contributed by atoms with Gasteiger partial charge >= 0.3 is 0 Å². The topological polar surface area (TPSA) is 75.4 Å². The summed E-state index contributed by atoms with van der Waals surface area (Å²) in [4.78, 5) is 25.9. The number of hydrogen-bond acceptors (Lipinski definition) is 4. The van der Waals surface area contributed by atoms with Crippen molar-refractivity contribution < 1.29 is 18.4 Å². The van der Waals surface area contributed by atoms with E-state index < -0.39 is 23.6 Å². The zero-order valence-corrected chi connectivity index (χ0v) is 22.4. The highest BCUT2D eigenvalue weighted by atomic mass is 35.5. The van der Waals surface area contributed by atoms with Crippen LogP contribution in [0, 0.1) is 11.6 Å². The Labute approximate surface area is 230 Å². The molecule has 0 spiro atoms. The smallest absolute Gasteiger partial charge is 0.251 e. The van der Waals surface area contributed by atoms with Gasteiger partial charge in [0.1, 0.15) is 11.6 Å². The molecule has 1 atom stereocenters. The zero-order valence-electron chi connectivity index (χ0n) is 20.8. The molecule has 0 aliphatic heterocycles. The molecule has 3 aromatic rings. The van der Waals surface area contributed by atoms with Crippen LogP contribution in [0.1, 0.15) is 53.6 Å². The van der Waals surface area contributed by atoms with Crippen LogP contribution in [0.5, 0.6) is 0 Å². The van der Waals surface area contributed by atoms with Crippen molar-refractivity contribution in [1.82, 2.24) is 9.62 Å². The molecule has 5 nitrogen and oxygen atoms in total. The Kier molecular flexibility index (Phi) is 9.77. The Balaban J connectivity index is 1.47. The van der Waals surface area contributed by atoms with Crippen molar-refractivity contribution in [3.63, 3.8) is 0 Å². The second-order valence-electron chi connectivity index (χ2n) is 9.51. The summed E-state index contributed by atoms with van der Waals surface area (Å²) in [5, 5.41) is 3.64. The lowest BCUT2D eigenvalue weighted by Crippen LogP contribution is -2.41. The SMILES string of the molecule is NC(=O)C(CCCc1cc(F)cc(F)c1)N(Cc1ccc(C(=O)NC2CCC2)cc1)Sc1ccc(Cl)cc1. The van der Waals surface area contributed by atoms with Crippen LogP contribution in [0.2, 0.25) is 5.02 Å². The van der Waals surface area contributed by atoms with Crippen LogP contribution in [0.3, 0.4) is 0 Å². The van der Waals surface area contributed by atoms with Crippen LogP contribution in [-0.4, -0.2) is 28.2 Å². The first-order valence-corrected chi connectivity index (χ1v) is 13.8. The van der Waals surface area contributed by atoms with E-state index in [4.69, 9.17) is 17.3 Å². The van der Waals surface area contributed by atoms with Crippen LogP contribution in [0.4, 0.5) is 8.78 Å². The summed E-state index contributed by atoms with van der Waals surface area (Å²) in [5.41, 5.74) is 7.86. The second-order valence-corrected chi connectivity index (χ2v) is 11.1. The predicted molar refractivity (Wildman–Crippen MR) is 147 cm³/mol. The first-order chi connectivity index (χ1) is 18.3. The van der Waals surface area contributed by atoms with Gasteiger partial charge in [-0.2, -0.15) is 0 Å². The van der Waals surface area contributed by atoms with Gasteiger partial charge in [0, 0.05) is 34.1 Å². The van der Waals surface area contributed by atoms with Crippen LogP contribution in [-0.2, 0) is 17.8 Å². The fourth-order valence-corrected chi connectivity index (χ4v) is 5.49. The van der Waals surface area contributed by atoms with Gasteiger partial charge in [-0.05, 0) is 110 Å². The average molecular weight is 558 g/mol. The molecule has 0 bridgehead atoms. The number of nitrogens with zero attached hydrogens (tertiary/aromatic N) is 1. The number of carbonyl (C=O) groups is 2. The lowest BCUT2D eigenvalue weighted by molar-refractivity contribution is -0.121. The summed E-state index contributed by atoms with van der Waals surface area (Å²) in [5.74, 6) is -1.83. The van der Waals surface area contributed by atoms with Crippen molar-refractivity contribution in [2.45, 2.75) is 62.0 Å². The molecule has 0 heterocycles. The van der Waals surface area contributed by atoms with Crippen molar-refractivity contribution in [3.05, 3.63) is 100 Å². The first-order valence-electron chi connectivity index (χ1n) is 12.6. The minimum absolute atomic E-state index is 0.0857. The number of rotatable bonds is 12. The van der Waals surface area contributed by atoms with E-state index in [1.165, 1.54) is 24.1 Å². The molecule has 9 heteroatoms. The highest BCUT2D eigenvalue weighted by molar-refractivity contribution is 7.97. The number of halogens is 3. The van der Waals surface area contributed by atoms with E-state index >= 15 is 0 Å². The van der Waals surface area contributed by atoms with E-state index in [0.717, 1.165) is 35.8 Å². The maximum atomic E-state index is 13.6. The van der Waals surface area contributed by atoms with E-state index in [0.29, 0.717) is 42.0 Å². The maximum absolute atomic E-state index is 13.6. The molecule has 200 valence electrons. The molecule has 2 amide bonds. The Morgan fingerprint density at radius 2 is 1.66 bits per heavy atom. The second kappa shape index (κ2) is 13.2. The van der Waals surface area contributed by atoms with Crippen LogP contribution in [0.25, 0.3) is 0 Å². The molecule has 4 rings (SSSR count). The fraction of sp³-hybridized carbons (Fsp3) is 0.310. The monoisotopic (exact) mass is 557 g/mol. The van der Waals surface area contributed by atoms with Crippen molar-refractivity contribution in [2.75, 3.05) is 0 Å². The van der Waals surface area contributed by atoms with Gasteiger partial charge in [-0.3, -0.25) is 9.59 Å². The third kappa shape index (κ3) is 8.03. The van der Waals surface area contributed by atoms with Crippen LogP contribution < -0.4 is 11.1 Å². The van der Waals surface area contributed by atoms with Crippen LogP contribution in [0.15, 0.2) is 71.6 Å². The quantitative estimate of drug-likeness (QED) is 0.257. The maximum Gasteiger partial charge on any atom is 0.251 e. The standard InChI is InChI=1S/C29H30ClF2N3O2S/c30-22-11-13-26(14-12-22)38-35(18-19-7-9-21(10-8-19)29(37)34-25-4-2-5-25)27(28(33)36)6-1-3-20-15-23(31)17-24(32)16-20/h7-17,25,27H,1-6,18H2,(H2,33,36)(H,34,37). The lowest BCUT2D eigenvalue weighted by Gasteiger charge is -2.29. The van der Waals surface area contributed by atoms with E-state index in [1.54, 1.807) is 24.3 Å². The highest BCUT2D eigenvalue weighted by Crippen LogP contribution is 2.30. The van der Waals surface area contributed by atoms with Crippen molar-refractivity contribution in [2.24, 2.45) is 5.73 Å². The zero-order chi connectivity index (χ0) is 27.1. The lowest BCUT2D eigenvalue weighted by atomic mass is 9.93. The molecule has 0 aromatic heterocycles. The Hall–Kier alpha value is -2.94. The van der Waals surface area contributed by atoms with Crippen molar-refractivity contribution >= 4 is 35.4 Å². The number of primary amides is 1. The third-order valence-electron chi connectivity index (χ3n) is 6.57. The molecule has 3 N–H and O–H groups in total. The van der Waals surface area contributed by atoms with Gasteiger partial charge in [0.25, 0.3) is 5.91 Å². The fourth-order valence-electron chi connectivity index (χ4n) is 4.28. The van der Waals surface area contributed by atoms with Gasteiger partial charge in [0.05, 0.1) is 6.04 Å². The summed E-state index contributed by atoms with van der Waals surface area (Å²) < 4.78 is 29.1. The largest absolute Gasteiger partial charge is 0.368 e. The highest BCUT2D eigenvalue weighted by Gasteiger charge is 2.26. The number of amides is 2. The molecule has 38 heavy (non-hydrogen) atoms. The average Bonchev–Trinajstić information content (AvgIpc) is 2.84. The van der Waals surface area contributed by atoms with Crippen molar-refractivity contribution in [1.29, 1.82) is 0 Å². The molecular weight excluding hydrogens is 528 g/mol. The summed E-state index contributed by atoms with van der Waals surface area (Å²) in [6, 6.07) is 17.6. The predicted octanol–water partition coefficient (Wildman–Crippen LogP) is 6.29. The third-order valence-corrected chi connectivity index (χ3v) is 7.93.